The maximum atomic E-state index is 12.6. The number of amides is 1. The molecule has 0 fully saturated rings. The SMILES string of the molecule is CCN(CC)C(CNC(=O)c1ccc(C(F)(F)F)cc1)c1ccccc1. The van der Waals surface area contributed by atoms with E-state index in [0.29, 0.717) is 6.54 Å². The second-order valence-electron chi connectivity index (χ2n) is 5.93. The molecule has 0 bridgehead atoms. The molecule has 140 valence electrons. The molecule has 3 nitrogen and oxygen atoms in total. The number of hydrogen-bond acceptors (Lipinski definition) is 2. The van der Waals surface area contributed by atoms with Gasteiger partial charge in [-0.3, -0.25) is 9.69 Å². The van der Waals surface area contributed by atoms with Gasteiger partial charge in [0.15, 0.2) is 0 Å². The van der Waals surface area contributed by atoms with Gasteiger partial charge in [0.1, 0.15) is 0 Å². The Kier molecular flexibility index (Phi) is 6.80. The van der Waals surface area contributed by atoms with Crippen molar-refractivity contribution in [2.75, 3.05) is 19.6 Å². The highest BCUT2D eigenvalue weighted by atomic mass is 19.4. The highest BCUT2D eigenvalue weighted by Gasteiger charge is 2.30. The molecule has 1 atom stereocenters. The van der Waals surface area contributed by atoms with Gasteiger partial charge in [0, 0.05) is 12.1 Å². The van der Waals surface area contributed by atoms with E-state index >= 15 is 0 Å². The maximum Gasteiger partial charge on any atom is 0.416 e. The van der Waals surface area contributed by atoms with Crippen LogP contribution in [0.1, 0.15) is 41.4 Å². The molecule has 0 aliphatic heterocycles. The summed E-state index contributed by atoms with van der Waals surface area (Å²) in [6, 6.07) is 14.1. The summed E-state index contributed by atoms with van der Waals surface area (Å²) >= 11 is 0. The first-order valence-corrected chi connectivity index (χ1v) is 8.61. The first-order valence-electron chi connectivity index (χ1n) is 8.61. The zero-order valence-electron chi connectivity index (χ0n) is 14.9. The third kappa shape index (κ3) is 5.08. The molecule has 2 aromatic rings. The maximum absolute atomic E-state index is 12.6. The van der Waals surface area contributed by atoms with Gasteiger partial charge in [0.2, 0.25) is 0 Å². The quantitative estimate of drug-likeness (QED) is 0.784. The van der Waals surface area contributed by atoms with Crippen molar-refractivity contribution in [3.63, 3.8) is 0 Å². The average Bonchev–Trinajstić information content (AvgIpc) is 2.65. The summed E-state index contributed by atoms with van der Waals surface area (Å²) in [5.41, 5.74) is 0.535. The fourth-order valence-corrected chi connectivity index (χ4v) is 2.90. The smallest absolute Gasteiger partial charge is 0.350 e. The second kappa shape index (κ2) is 8.85. The standard InChI is InChI=1S/C20H23F3N2O/c1-3-25(4-2)18(15-8-6-5-7-9-15)14-24-19(26)16-10-12-17(13-11-16)20(21,22)23/h5-13,18H,3-4,14H2,1-2H3,(H,24,26). The largest absolute Gasteiger partial charge is 0.416 e. The summed E-state index contributed by atoms with van der Waals surface area (Å²) in [6.45, 7) is 6.14. The lowest BCUT2D eigenvalue weighted by Crippen LogP contribution is -2.38. The molecule has 1 N–H and O–H groups in total. The van der Waals surface area contributed by atoms with Crippen LogP contribution in [-0.4, -0.2) is 30.4 Å². The minimum atomic E-state index is -4.41. The fraction of sp³-hybridized carbons (Fsp3) is 0.350. The molecule has 1 unspecified atom stereocenters. The number of nitrogens with zero attached hydrogens (tertiary/aromatic N) is 1. The molecular weight excluding hydrogens is 341 g/mol. The van der Waals surface area contributed by atoms with Crippen LogP contribution in [0.2, 0.25) is 0 Å². The van der Waals surface area contributed by atoms with Gasteiger partial charge in [-0.1, -0.05) is 44.2 Å². The van der Waals surface area contributed by atoms with E-state index in [-0.39, 0.29) is 17.5 Å². The lowest BCUT2D eigenvalue weighted by Gasteiger charge is -2.30. The topological polar surface area (TPSA) is 32.3 Å². The molecule has 0 aliphatic carbocycles. The van der Waals surface area contributed by atoms with Crippen LogP contribution in [0.4, 0.5) is 13.2 Å². The normalized spacial score (nSPS) is 12.8. The minimum Gasteiger partial charge on any atom is -0.350 e. The number of nitrogens with one attached hydrogen (secondary N) is 1. The Labute approximate surface area is 151 Å². The van der Waals surface area contributed by atoms with Crippen molar-refractivity contribution in [1.82, 2.24) is 10.2 Å². The highest BCUT2D eigenvalue weighted by Crippen LogP contribution is 2.29. The highest BCUT2D eigenvalue weighted by molar-refractivity contribution is 5.94. The molecule has 0 radical (unpaired) electrons. The van der Waals surface area contributed by atoms with Gasteiger partial charge in [0.25, 0.3) is 5.91 Å². The Hall–Kier alpha value is -2.34. The summed E-state index contributed by atoms with van der Waals surface area (Å²) in [4.78, 5) is 14.6. The van der Waals surface area contributed by atoms with Crippen molar-refractivity contribution in [3.8, 4) is 0 Å². The van der Waals surface area contributed by atoms with Crippen LogP contribution < -0.4 is 5.32 Å². The van der Waals surface area contributed by atoms with Gasteiger partial charge < -0.3 is 5.32 Å². The Morgan fingerprint density at radius 3 is 2.08 bits per heavy atom. The van der Waals surface area contributed by atoms with E-state index in [0.717, 1.165) is 30.8 Å². The van der Waals surface area contributed by atoms with Crippen LogP contribution in [0.25, 0.3) is 0 Å². The molecule has 6 heteroatoms. The van der Waals surface area contributed by atoms with Gasteiger partial charge in [-0.25, -0.2) is 0 Å². The van der Waals surface area contributed by atoms with Crippen LogP contribution in [0, 0.1) is 0 Å². The molecule has 2 aromatic carbocycles. The Morgan fingerprint density at radius 2 is 1.58 bits per heavy atom. The summed E-state index contributed by atoms with van der Waals surface area (Å²) in [6.07, 6.45) is -4.41. The van der Waals surface area contributed by atoms with Crippen LogP contribution in [-0.2, 0) is 6.18 Å². The number of carbonyl (C=O) groups excluding carboxylic acids is 1. The molecule has 1 amide bonds. The number of carbonyl (C=O) groups is 1. The van der Waals surface area contributed by atoms with E-state index in [1.165, 1.54) is 12.1 Å². The van der Waals surface area contributed by atoms with Crippen LogP contribution in [0.15, 0.2) is 54.6 Å². The Balaban J connectivity index is 2.09. The number of benzene rings is 2. The first-order chi connectivity index (χ1) is 12.4. The zero-order valence-corrected chi connectivity index (χ0v) is 14.9. The predicted molar refractivity (Wildman–Crippen MR) is 95.9 cm³/mol. The predicted octanol–water partition coefficient (Wildman–Crippen LogP) is 4.52. The lowest BCUT2D eigenvalue weighted by atomic mass is 10.0. The van der Waals surface area contributed by atoms with Crippen LogP contribution in [0.3, 0.4) is 0 Å². The molecule has 26 heavy (non-hydrogen) atoms. The van der Waals surface area contributed by atoms with Crippen LogP contribution in [0.5, 0.6) is 0 Å². The minimum absolute atomic E-state index is 0.00426. The first kappa shape index (κ1) is 20.0. The van der Waals surface area contributed by atoms with E-state index in [2.05, 4.69) is 24.1 Å². The number of alkyl halides is 3. The van der Waals surface area contributed by atoms with E-state index in [1.54, 1.807) is 0 Å². The van der Waals surface area contributed by atoms with Crippen LogP contribution >= 0.6 is 0 Å². The van der Waals surface area contributed by atoms with Crippen molar-refractivity contribution in [3.05, 3.63) is 71.3 Å². The third-order valence-corrected chi connectivity index (χ3v) is 4.37. The molecule has 0 aliphatic rings. The molecule has 0 heterocycles. The molecule has 0 aromatic heterocycles. The summed E-state index contributed by atoms with van der Waals surface area (Å²) in [7, 11) is 0. The summed E-state index contributed by atoms with van der Waals surface area (Å²) in [5.74, 6) is -0.383. The number of rotatable bonds is 7. The van der Waals surface area contributed by atoms with Gasteiger partial charge in [0.05, 0.1) is 11.6 Å². The number of hydrogen-bond donors (Lipinski definition) is 1. The Morgan fingerprint density at radius 1 is 1.00 bits per heavy atom. The third-order valence-electron chi connectivity index (χ3n) is 4.37. The molecule has 0 saturated heterocycles. The summed E-state index contributed by atoms with van der Waals surface area (Å²) < 4.78 is 37.9. The van der Waals surface area contributed by atoms with Gasteiger partial charge in [-0.2, -0.15) is 13.2 Å². The summed E-state index contributed by atoms with van der Waals surface area (Å²) in [5, 5.41) is 2.84. The molecule has 0 saturated carbocycles. The molecule has 2 rings (SSSR count). The van der Waals surface area contributed by atoms with E-state index < -0.39 is 11.7 Å². The van der Waals surface area contributed by atoms with E-state index in [4.69, 9.17) is 0 Å². The second-order valence-corrected chi connectivity index (χ2v) is 5.93. The van der Waals surface area contributed by atoms with Crippen molar-refractivity contribution in [2.45, 2.75) is 26.1 Å². The average molecular weight is 364 g/mol. The van der Waals surface area contributed by atoms with E-state index in [9.17, 15) is 18.0 Å². The van der Waals surface area contributed by atoms with Crippen molar-refractivity contribution in [1.29, 1.82) is 0 Å². The van der Waals surface area contributed by atoms with Crippen molar-refractivity contribution in [2.24, 2.45) is 0 Å². The van der Waals surface area contributed by atoms with Gasteiger partial charge >= 0.3 is 6.18 Å². The molecule has 0 spiro atoms. The van der Waals surface area contributed by atoms with E-state index in [1.807, 2.05) is 30.3 Å². The zero-order chi connectivity index (χ0) is 19.2. The number of likely N-dealkylation sites (N-methyl/N-ethyl adjacent to an activating group) is 1. The monoisotopic (exact) mass is 364 g/mol. The fourth-order valence-electron chi connectivity index (χ4n) is 2.90. The number of halogens is 3. The molecular formula is C20H23F3N2O. The lowest BCUT2D eigenvalue weighted by molar-refractivity contribution is -0.137. The Bertz CT molecular complexity index is 695. The van der Waals surface area contributed by atoms with Crippen molar-refractivity contribution < 1.29 is 18.0 Å². The van der Waals surface area contributed by atoms with Gasteiger partial charge in [-0.15, -0.1) is 0 Å². The van der Waals surface area contributed by atoms with Gasteiger partial charge in [-0.05, 0) is 42.9 Å². The van der Waals surface area contributed by atoms with Crippen molar-refractivity contribution >= 4 is 5.91 Å².